The predicted molar refractivity (Wildman–Crippen MR) is 326 cm³/mol. The summed E-state index contributed by atoms with van der Waals surface area (Å²) >= 11 is 24.8. The van der Waals surface area contributed by atoms with Crippen molar-refractivity contribution < 1.29 is 0 Å². The van der Waals surface area contributed by atoms with Crippen LogP contribution in [0.5, 0.6) is 0 Å². The fourth-order valence-corrected chi connectivity index (χ4v) is 10.9. The van der Waals surface area contributed by atoms with Crippen molar-refractivity contribution in [2.75, 3.05) is 117 Å². The zero-order chi connectivity index (χ0) is 54.4. The Morgan fingerprint density at radius 2 is 0.718 bits per heavy atom. The first kappa shape index (κ1) is 57.2. The standard InChI is InChI=1S/2C31H36Cl2N6/c2*1-37(2)17-5-16-34-31-27-6-3-4-7-28(27)35-29(36-31)22-38-18-20-39(21-19-38)30(23-8-12-25(32)13-9-23)24-10-14-26(33)15-11-24/h2*3-4,6-15,30H,5,16-22H2,1-2H3,(H,34,35,36). The zero-order valence-electron chi connectivity index (χ0n) is 45.3. The molecule has 8 aromatic rings. The number of nitrogens with zero attached hydrogens (tertiary/aromatic N) is 10. The van der Waals surface area contributed by atoms with E-state index in [0.717, 1.165) is 170 Å². The Morgan fingerprint density at radius 3 is 1.03 bits per heavy atom. The van der Waals surface area contributed by atoms with E-state index in [9.17, 15) is 0 Å². The molecule has 12 nitrogen and oxygen atoms in total. The highest BCUT2D eigenvalue weighted by Crippen LogP contribution is 2.34. The molecule has 0 spiro atoms. The predicted octanol–water partition coefficient (Wildman–Crippen LogP) is 12.4. The average molecular weight is 1130 g/mol. The van der Waals surface area contributed by atoms with Crippen molar-refractivity contribution in [3.8, 4) is 0 Å². The van der Waals surface area contributed by atoms with Crippen LogP contribution >= 0.6 is 46.4 Å². The molecule has 0 amide bonds. The van der Waals surface area contributed by atoms with E-state index in [1.165, 1.54) is 22.3 Å². The number of anilines is 2. The third kappa shape index (κ3) is 15.9. The van der Waals surface area contributed by atoms with Crippen LogP contribution in [0.1, 0.15) is 58.8 Å². The summed E-state index contributed by atoms with van der Waals surface area (Å²) in [6.45, 7) is 12.9. The van der Waals surface area contributed by atoms with Gasteiger partial charge in [-0.15, -0.1) is 0 Å². The van der Waals surface area contributed by atoms with Gasteiger partial charge < -0.3 is 20.4 Å². The lowest BCUT2D eigenvalue weighted by Crippen LogP contribution is -2.47. The van der Waals surface area contributed by atoms with Crippen molar-refractivity contribution in [3.05, 3.63) is 200 Å². The van der Waals surface area contributed by atoms with Crippen molar-refractivity contribution in [1.82, 2.24) is 49.3 Å². The fourth-order valence-electron chi connectivity index (χ4n) is 10.4. The van der Waals surface area contributed by atoms with Crippen molar-refractivity contribution >= 4 is 79.8 Å². The molecule has 0 bridgehead atoms. The lowest BCUT2D eigenvalue weighted by atomic mass is 9.96. The van der Waals surface area contributed by atoms with Gasteiger partial charge in [-0.25, -0.2) is 19.9 Å². The molecule has 4 heterocycles. The van der Waals surface area contributed by atoms with Crippen LogP contribution in [0.3, 0.4) is 0 Å². The summed E-state index contributed by atoms with van der Waals surface area (Å²) in [5, 5.41) is 12.3. The molecule has 2 N–H and O–H groups in total. The number of para-hydroxylation sites is 2. The highest BCUT2D eigenvalue weighted by molar-refractivity contribution is 6.31. The summed E-state index contributed by atoms with van der Waals surface area (Å²) in [6.07, 6.45) is 2.12. The molecule has 6 aromatic carbocycles. The van der Waals surface area contributed by atoms with Gasteiger partial charge in [-0.1, -0.05) is 119 Å². The first-order valence-corrected chi connectivity index (χ1v) is 28.7. The Bertz CT molecular complexity index is 2830. The number of rotatable bonds is 20. The lowest BCUT2D eigenvalue weighted by molar-refractivity contribution is 0.103. The van der Waals surface area contributed by atoms with Gasteiger partial charge in [0.15, 0.2) is 0 Å². The van der Waals surface area contributed by atoms with E-state index in [1.807, 2.05) is 72.8 Å². The van der Waals surface area contributed by atoms with E-state index in [1.54, 1.807) is 0 Å². The molecule has 2 aromatic heterocycles. The van der Waals surface area contributed by atoms with Gasteiger partial charge in [-0.05, 0) is 149 Å². The Morgan fingerprint density at radius 1 is 0.410 bits per heavy atom. The average Bonchev–Trinajstić information content (AvgIpc) is 3.53. The Hall–Kier alpha value is -5.48. The molecule has 0 atom stereocenters. The van der Waals surface area contributed by atoms with Crippen molar-refractivity contribution in [2.24, 2.45) is 0 Å². The minimum atomic E-state index is 0.150. The maximum Gasteiger partial charge on any atom is 0.145 e. The van der Waals surface area contributed by atoms with E-state index in [0.29, 0.717) is 0 Å². The molecule has 0 aliphatic carbocycles. The molecular formula is C62H72Cl4N12. The number of hydrogen-bond acceptors (Lipinski definition) is 12. The molecular weight excluding hydrogens is 1050 g/mol. The second kappa shape index (κ2) is 28.1. The lowest BCUT2D eigenvalue weighted by Gasteiger charge is -2.39. The first-order valence-electron chi connectivity index (χ1n) is 27.2. The number of hydrogen-bond donors (Lipinski definition) is 2. The molecule has 16 heteroatoms. The van der Waals surface area contributed by atoms with Crippen LogP contribution in [0.25, 0.3) is 21.8 Å². The summed E-state index contributed by atoms with van der Waals surface area (Å²) in [7, 11) is 8.41. The molecule has 78 heavy (non-hydrogen) atoms. The highest BCUT2D eigenvalue weighted by atomic mass is 35.5. The van der Waals surface area contributed by atoms with E-state index < -0.39 is 0 Å². The van der Waals surface area contributed by atoms with Crippen LogP contribution in [0.15, 0.2) is 146 Å². The van der Waals surface area contributed by atoms with Crippen molar-refractivity contribution in [3.63, 3.8) is 0 Å². The molecule has 0 unspecified atom stereocenters. The van der Waals surface area contributed by atoms with E-state index in [4.69, 9.17) is 66.3 Å². The van der Waals surface area contributed by atoms with Gasteiger partial charge in [0, 0.05) is 96.3 Å². The zero-order valence-corrected chi connectivity index (χ0v) is 48.3. The van der Waals surface area contributed by atoms with Crippen molar-refractivity contribution in [2.45, 2.75) is 38.0 Å². The monoisotopic (exact) mass is 1120 g/mol. The summed E-state index contributed by atoms with van der Waals surface area (Å²) in [6, 6.07) is 49.6. The number of benzene rings is 6. The molecule has 10 rings (SSSR count). The smallest absolute Gasteiger partial charge is 0.145 e. The normalized spacial score (nSPS) is 14.9. The quantitative estimate of drug-likeness (QED) is 0.0712. The SMILES string of the molecule is CN(C)CCCNc1nc(CN2CCN(C(c3ccc(Cl)cc3)c3ccc(Cl)cc3)CC2)nc2ccccc12.CN(C)CCCNc1nc(CN2CCN(C(c3ccc(Cl)cc3)c3ccc(Cl)cc3)CC2)nc2ccccc12. The Balaban J connectivity index is 0.000000190. The Kier molecular flexibility index (Phi) is 20.6. The summed E-state index contributed by atoms with van der Waals surface area (Å²) < 4.78 is 0. The van der Waals surface area contributed by atoms with Crippen LogP contribution in [0.4, 0.5) is 11.6 Å². The topological polar surface area (TPSA) is 95.1 Å². The van der Waals surface area contributed by atoms with Gasteiger partial charge in [0.1, 0.15) is 23.3 Å². The van der Waals surface area contributed by atoms with Gasteiger partial charge in [0.25, 0.3) is 0 Å². The summed E-state index contributed by atoms with van der Waals surface area (Å²) in [4.78, 5) is 34.2. The fraction of sp³-hybridized carbons (Fsp3) is 0.355. The van der Waals surface area contributed by atoms with Gasteiger partial charge >= 0.3 is 0 Å². The Labute approximate surface area is 481 Å². The minimum Gasteiger partial charge on any atom is -0.369 e. The number of fused-ring (bicyclic) bond motifs is 2. The van der Waals surface area contributed by atoms with Gasteiger partial charge in [0.05, 0.1) is 36.2 Å². The van der Waals surface area contributed by atoms with Crippen molar-refractivity contribution in [1.29, 1.82) is 0 Å². The largest absolute Gasteiger partial charge is 0.369 e. The number of piperazine rings is 2. The van der Waals surface area contributed by atoms with E-state index in [-0.39, 0.29) is 12.1 Å². The third-order valence-corrected chi connectivity index (χ3v) is 15.5. The molecule has 408 valence electrons. The van der Waals surface area contributed by atoms with Crippen LogP contribution < -0.4 is 10.6 Å². The molecule has 2 saturated heterocycles. The highest BCUT2D eigenvalue weighted by Gasteiger charge is 2.29. The van der Waals surface area contributed by atoms with Gasteiger partial charge in [-0.3, -0.25) is 19.6 Å². The van der Waals surface area contributed by atoms with Crippen LogP contribution in [0.2, 0.25) is 20.1 Å². The molecule has 0 saturated carbocycles. The van der Waals surface area contributed by atoms with Crippen LogP contribution in [-0.2, 0) is 13.1 Å². The summed E-state index contributed by atoms with van der Waals surface area (Å²) in [5.41, 5.74) is 6.91. The van der Waals surface area contributed by atoms with Crippen LogP contribution in [-0.4, -0.2) is 156 Å². The third-order valence-electron chi connectivity index (χ3n) is 14.5. The number of aromatic nitrogens is 4. The second-order valence-corrected chi connectivity index (χ2v) is 22.6. The molecule has 2 aliphatic rings. The van der Waals surface area contributed by atoms with E-state index in [2.05, 4.69) is 141 Å². The first-order chi connectivity index (χ1) is 37.9. The van der Waals surface area contributed by atoms with E-state index >= 15 is 0 Å². The molecule has 0 radical (unpaired) electrons. The van der Waals surface area contributed by atoms with Gasteiger partial charge in [-0.2, -0.15) is 0 Å². The van der Waals surface area contributed by atoms with Gasteiger partial charge in [0.2, 0.25) is 0 Å². The maximum atomic E-state index is 6.20. The molecule has 2 aliphatic heterocycles. The van der Waals surface area contributed by atoms with Crippen LogP contribution in [0, 0.1) is 0 Å². The number of halogens is 4. The maximum absolute atomic E-state index is 6.20. The summed E-state index contributed by atoms with van der Waals surface area (Å²) in [5.74, 6) is 3.59. The minimum absolute atomic E-state index is 0.150. The second-order valence-electron chi connectivity index (χ2n) is 20.8. The number of nitrogens with one attached hydrogen (secondary N) is 2. The molecule has 2 fully saturated rings.